The average molecular weight is 520 g/mol. The van der Waals surface area contributed by atoms with Crippen LogP contribution in [0.25, 0.3) is 11.0 Å². The van der Waals surface area contributed by atoms with E-state index in [1.165, 1.54) is 12.1 Å². The van der Waals surface area contributed by atoms with Gasteiger partial charge in [0, 0.05) is 12.7 Å². The van der Waals surface area contributed by atoms with Crippen molar-refractivity contribution in [2.45, 2.75) is 76.5 Å². The highest BCUT2D eigenvalue weighted by Crippen LogP contribution is 2.60. The molecule has 1 saturated carbocycles. The summed E-state index contributed by atoms with van der Waals surface area (Å²) in [4.78, 5) is 42.0. The molecular formula is C25H33N3O7S. The molecule has 36 heavy (non-hydrogen) atoms. The molecule has 2 N–H and O–H groups in total. The lowest BCUT2D eigenvalue weighted by molar-refractivity contribution is -0.137. The second-order valence-corrected chi connectivity index (χ2v) is 12.9. The van der Waals surface area contributed by atoms with Crippen LogP contribution in [0.5, 0.6) is 0 Å². The number of amides is 1. The molecule has 1 amide bonds. The van der Waals surface area contributed by atoms with E-state index in [4.69, 9.17) is 9.15 Å². The number of anilines is 1. The molecule has 2 aromatic rings. The van der Waals surface area contributed by atoms with Crippen molar-refractivity contribution >= 4 is 38.3 Å². The van der Waals surface area contributed by atoms with Gasteiger partial charge in [-0.2, -0.15) is 4.98 Å². The third-order valence-corrected chi connectivity index (χ3v) is 8.91. The van der Waals surface area contributed by atoms with Gasteiger partial charge in [-0.15, -0.1) is 0 Å². The Morgan fingerprint density at radius 2 is 1.97 bits per heavy atom. The molecule has 1 aliphatic carbocycles. The molecule has 1 aromatic heterocycles. The van der Waals surface area contributed by atoms with Crippen molar-refractivity contribution in [1.29, 1.82) is 0 Å². The Morgan fingerprint density at radius 3 is 2.61 bits per heavy atom. The highest BCUT2D eigenvalue weighted by molar-refractivity contribution is 7.91. The number of nitrogens with one attached hydrogen (secondary N) is 2. The number of ether oxygens (including phenoxy) is 1. The van der Waals surface area contributed by atoms with Crippen molar-refractivity contribution in [2.75, 3.05) is 18.2 Å². The Kier molecular flexibility index (Phi) is 6.76. The topological polar surface area (TPSA) is 145 Å². The van der Waals surface area contributed by atoms with Crippen LogP contribution in [0, 0.1) is 10.8 Å². The van der Waals surface area contributed by atoms with E-state index in [2.05, 4.69) is 36.4 Å². The molecule has 2 aliphatic rings. The standard InChI is InChI=1S/C25H33N3O7S/c1-14-11-16(18(29)13-34-14)27-22(30)17(12-24(2,3)25(4)9-10-25)26-21-15-7-6-8-19(36(5,32)33)20(15)35-23(31)28-21/h6-8,14,16-17H,9-13H2,1-5H3,(H,27,30)(H,26,28,31). The number of carbonyl (C=O) groups excluding carboxylic acids is 2. The zero-order valence-corrected chi connectivity index (χ0v) is 22.0. The van der Waals surface area contributed by atoms with Gasteiger partial charge in [-0.05, 0) is 49.1 Å². The van der Waals surface area contributed by atoms with E-state index in [1.807, 2.05) is 6.92 Å². The fourth-order valence-electron chi connectivity index (χ4n) is 4.73. The highest BCUT2D eigenvalue weighted by atomic mass is 32.2. The molecule has 11 heteroatoms. The van der Waals surface area contributed by atoms with E-state index < -0.39 is 33.6 Å². The monoisotopic (exact) mass is 519 g/mol. The van der Waals surface area contributed by atoms with E-state index in [-0.39, 0.29) is 51.0 Å². The molecule has 1 aliphatic heterocycles. The van der Waals surface area contributed by atoms with Crippen molar-refractivity contribution in [3.8, 4) is 0 Å². The third kappa shape index (κ3) is 5.31. The number of para-hydroxylation sites is 1. The van der Waals surface area contributed by atoms with Gasteiger partial charge in [-0.1, -0.05) is 26.8 Å². The lowest BCUT2D eigenvalue weighted by atomic mass is 9.72. The molecule has 3 unspecified atom stereocenters. The van der Waals surface area contributed by atoms with Crippen LogP contribution in [-0.4, -0.2) is 56.1 Å². The van der Waals surface area contributed by atoms with Crippen LogP contribution in [0.1, 0.15) is 53.4 Å². The van der Waals surface area contributed by atoms with Gasteiger partial charge in [0.05, 0.1) is 17.5 Å². The number of benzene rings is 1. The molecule has 0 bridgehead atoms. The second kappa shape index (κ2) is 9.26. The van der Waals surface area contributed by atoms with Crippen molar-refractivity contribution in [2.24, 2.45) is 10.8 Å². The van der Waals surface area contributed by atoms with E-state index in [9.17, 15) is 22.8 Å². The molecule has 0 radical (unpaired) electrons. The Hall–Kier alpha value is -2.79. The molecule has 1 saturated heterocycles. The summed E-state index contributed by atoms with van der Waals surface area (Å²) in [6.07, 6.45) is 3.70. The molecule has 4 rings (SSSR count). The van der Waals surface area contributed by atoms with Crippen LogP contribution in [0.15, 0.2) is 32.3 Å². The minimum absolute atomic E-state index is 0.0512. The largest absolute Gasteiger partial charge is 0.441 e. The summed E-state index contributed by atoms with van der Waals surface area (Å²) < 4.78 is 35.1. The lowest BCUT2D eigenvalue weighted by Crippen LogP contribution is -2.53. The minimum Gasteiger partial charge on any atom is -0.406 e. The van der Waals surface area contributed by atoms with Gasteiger partial charge in [-0.25, -0.2) is 13.2 Å². The Bertz CT molecular complexity index is 1360. The smallest absolute Gasteiger partial charge is 0.406 e. The molecule has 2 fully saturated rings. The molecule has 10 nitrogen and oxygen atoms in total. The van der Waals surface area contributed by atoms with E-state index in [1.54, 1.807) is 6.07 Å². The Morgan fingerprint density at radius 1 is 1.28 bits per heavy atom. The maximum absolute atomic E-state index is 13.5. The summed E-state index contributed by atoms with van der Waals surface area (Å²) in [6, 6.07) is 2.94. The van der Waals surface area contributed by atoms with Crippen molar-refractivity contribution < 1.29 is 27.2 Å². The van der Waals surface area contributed by atoms with Crippen molar-refractivity contribution in [3.63, 3.8) is 0 Å². The third-order valence-electron chi connectivity index (χ3n) is 7.78. The molecule has 196 valence electrons. The number of hydrogen-bond acceptors (Lipinski definition) is 9. The Balaban J connectivity index is 1.71. The summed E-state index contributed by atoms with van der Waals surface area (Å²) in [5.41, 5.74) is -0.309. The van der Waals surface area contributed by atoms with Gasteiger partial charge in [0.1, 0.15) is 23.4 Å². The van der Waals surface area contributed by atoms with Crippen LogP contribution >= 0.6 is 0 Å². The zero-order valence-electron chi connectivity index (χ0n) is 21.2. The van der Waals surface area contributed by atoms with E-state index in [0.717, 1.165) is 19.1 Å². The number of nitrogens with zero attached hydrogens (tertiary/aromatic N) is 1. The van der Waals surface area contributed by atoms with Crippen LogP contribution < -0.4 is 16.4 Å². The van der Waals surface area contributed by atoms with Crippen LogP contribution in [0.4, 0.5) is 5.82 Å². The molecule has 2 heterocycles. The second-order valence-electron chi connectivity index (χ2n) is 11.0. The first-order valence-corrected chi connectivity index (χ1v) is 13.9. The number of aromatic nitrogens is 1. The summed E-state index contributed by atoms with van der Waals surface area (Å²) >= 11 is 0. The minimum atomic E-state index is -3.70. The molecule has 0 spiro atoms. The van der Waals surface area contributed by atoms with Crippen molar-refractivity contribution in [1.82, 2.24) is 10.3 Å². The van der Waals surface area contributed by atoms with Gasteiger partial charge in [0.2, 0.25) is 5.91 Å². The first-order valence-electron chi connectivity index (χ1n) is 12.1. The number of rotatable bonds is 8. The van der Waals surface area contributed by atoms with Crippen LogP contribution in [-0.2, 0) is 24.2 Å². The first kappa shape index (κ1) is 26.3. The van der Waals surface area contributed by atoms with Crippen molar-refractivity contribution in [3.05, 3.63) is 28.7 Å². The number of hydrogen-bond donors (Lipinski definition) is 2. The molecule has 1 aromatic carbocycles. The van der Waals surface area contributed by atoms with Crippen LogP contribution in [0.2, 0.25) is 0 Å². The lowest BCUT2D eigenvalue weighted by Gasteiger charge is -2.36. The van der Waals surface area contributed by atoms with Gasteiger partial charge < -0.3 is 19.8 Å². The average Bonchev–Trinajstić information content (AvgIpc) is 3.54. The van der Waals surface area contributed by atoms with E-state index in [0.29, 0.717) is 12.8 Å². The fraction of sp³-hybridized carbons (Fsp3) is 0.600. The number of fused-ring (bicyclic) bond motifs is 1. The molecular weight excluding hydrogens is 486 g/mol. The van der Waals surface area contributed by atoms with Gasteiger partial charge in [-0.3, -0.25) is 9.59 Å². The first-order chi connectivity index (χ1) is 16.7. The maximum Gasteiger partial charge on any atom is 0.441 e. The number of sulfone groups is 1. The summed E-state index contributed by atoms with van der Waals surface area (Å²) in [5.74, 6) is -1.53. The normalized spacial score (nSPS) is 22.8. The van der Waals surface area contributed by atoms with E-state index >= 15 is 0 Å². The predicted molar refractivity (Wildman–Crippen MR) is 134 cm³/mol. The Labute approximate surface area is 210 Å². The fourth-order valence-corrected chi connectivity index (χ4v) is 5.55. The summed E-state index contributed by atoms with van der Waals surface area (Å²) in [5, 5.41) is 6.21. The summed E-state index contributed by atoms with van der Waals surface area (Å²) in [7, 11) is -3.70. The molecule has 3 atom stereocenters. The van der Waals surface area contributed by atoms with Crippen LogP contribution in [0.3, 0.4) is 0 Å². The number of Topliss-reactive ketones (excluding diaryl/α,β-unsaturated/α-hetero) is 1. The predicted octanol–water partition coefficient (Wildman–Crippen LogP) is 2.45. The van der Waals surface area contributed by atoms with Gasteiger partial charge in [0.15, 0.2) is 21.2 Å². The zero-order chi connectivity index (χ0) is 26.5. The summed E-state index contributed by atoms with van der Waals surface area (Å²) in [6.45, 7) is 8.15. The SMILES string of the molecule is CC1CC(NC(=O)C(CC(C)(C)C2(C)CC2)Nc2nc(=O)oc3c(S(C)(=O)=O)cccc23)C(=O)CO1. The van der Waals surface area contributed by atoms with Gasteiger partial charge in [0.25, 0.3) is 0 Å². The highest BCUT2D eigenvalue weighted by Gasteiger charge is 2.51. The number of ketones is 1. The number of carbonyl (C=O) groups is 2. The maximum atomic E-state index is 13.5. The quantitative estimate of drug-likeness (QED) is 0.537. The van der Waals surface area contributed by atoms with Gasteiger partial charge >= 0.3 is 5.76 Å².